The zero-order chi connectivity index (χ0) is 16.4. The smallest absolute Gasteiger partial charge is 0.406 e. The average molecular weight is 290 g/mol. The van der Waals surface area contributed by atoms with Crippen molar-refractivity contribution in [3.63, 3.8) is 0 Å². The Morgan fingerprint density at radius 1 is 1.25 bits per heavy atom. The minimum absolute atomic E-state index is 0.0129. The van der Waals surface area contributed by atoms with Crippen molar-refractivity contribution in [3.05, 3.63) is 12.2 Å². The van der Waals surface area contributed by atoms with Gasteiger partial charge in [-0.1, -0.05) is 6.08 Å². The van der Waals surface area contributed by atoms with Gasteiger partial charge in [-0.25, -0.2) is 4.79 Å². The second-order valence-electron chi connectivity index (χ2n) is 3.47. The summed E-state index contributed by atoms with van der Waals surface area (Å²) in [6.07, 6.45) is 5.99. The molecule has 0 radical (unpaired) electrons. The fourth-order valence-electron chi connectivity index (χ4n) is 0.754. The number of hydrogen-bond acceptors (Lipinski definition) is 5. The molecule has 2 N–H and O–H groups in total. The normalized spacial score (nSPS) is 8.50. The Balaban J connectivity index is -0.000000304. The van der Waals surface area contributed by atoms with Crippen LogP contribution in [0.3, 0.4) is 0 Å². The van der Waals surface area contributed by atoms with Crippen LogP contribution < -0.4 is 5.32 Å². The molecule has 0 saturated heterocycles. The van der Waals surface area contributed by atoms with Crippen molar-refractivity contribution < 1.29 is 24.2 Å². The third kappa shape index (κ3) is 21.4. The summed E-state index contributed by atoms with van der Waals surface area (Å²) in [4.78, 5) is 32.2. The van der Waals surface area contributed by atoms with E-state index in [0.29, 0.717) is 6.42 Å². The maximum absolute atomic E-state index is 10.9. The fraction of sp³-hybridized carbons (Fsp3) is 0.615. The standard InChI is InChI=1S/C9H15NO2.C3H7NO2.CH4O/c1-10(2)9(12)7-5-3-4-6-8-11;1-4-3(5)6-2;1-2/h5,7-8H,3-4,6H2,1-2H3;1-2H3,(H,4,5);2H,1H3/b7-5+;;. The third-order valence-electron chi connectivity index (χ3n) is 1.78. The molecule has 0 fully saturated rings. The molecule has 0 atom stereocenters. The number of ether oxygens (including phenoxy) is 1. The highest BCUT2D eigenvalue weighted by Gasteiger charge is 1.94. The molecule has 0 aliphatic rings. The highest BCUT2D eigenvalue weighted by Crippen LogP contribution is 1.94. The highest BCUT2D eigenvalue weighted by molar-refractivity contribution is 5.87. The second kappa shape index (κ2) is 19.4. The maximum Gasteiger partial charge on any atom is 0.406 e. The van der Waals surface area contributed by atoms with Gasteiger partial charge in [0.15, 0.2) is 0 Å². The van der Waals surface area contributed by atoms with E-state index in [4.69, 9.17) is 5.11 Å². The van der Waals surface area contributed by atoms with Crippen molar-refractivity contribution >= 4 is 18.3 Å². The first-order valence-corrected chi connectivity index (χ1v) is 6.01. The molecule has 20 heavy (non-hydrogen) atoms. The molecule has 0 rings (SSSR count). The van der Waals surface area contributed by atoms with Crippen LogP contribution >= 0.6 is 0 Å². The first kappa shape index (κ1) is 23.2. The van der Waals surface area contributed by atoms with Gasteiger partial charge in [0.05, 0.1) is 7.11 Å². The number of hydrogen-bond donors (Lipinski definition) is 2. The zero-order valence-corrected chi connectivity index (χ0v) is 12.9. The van der Waals surface area contributed by atoms with Gasteiger partial charge in [0.1, 0.15) is 6.29 Å². The van der Waals surface area contributed by atoms with Crippen molar-refractivity contribution in [2.24, 2.45) is 0 Å². The number of methoxy groups -OCH3 is 1. The van der Waals surface area contributed by atoms with Crippen LogP contribution in [0.5, 0.6) is 0 Å². The van der Waals surface area contributed by atoms with E-state index in [9.17, 15) is 14.4 Å². The van der Waals surface area contributed by atoms with E-state index in [0.717, 1.165) is 26.2 Å². The predicted molar refractivity (Wildman–Crippen MR) is 77.4 cm³/mol. The van der Waals surface area contributed by atoms with E-state index < -0.39 is 6.09 Å². The molecule has 0 aromatic heterocycles. The first-order chi connectivity index (χ1) is 9.49. The van der Waals surface area contributed by atoms with Crippen molar-refractivity contribution in [2.45, 2.75) is 19.3 Å². The number of carbonyl (C=O) groups excluding carboxylic acids is 3. The highest BCUT2D eigenvalue weighted by atomic mass is 16.5. The Morgan fingerprint density at radius 2 is 1.80 bits per heavy atom. The summed E-state index contributed by atoms with van der Waals surface area (Å²) in [5, 5.41) is 9.25. The SMILES string of the molecule is CN(C)C(=O)/C=C/CCCC=O.CNC(=O)OC.CO. The number of carbonyl (C=O) groups is 3. The predicted octanol–water partition coefficient (Wildman–Crippen LogP) is 0.581. The number of aliphatic hydroxyl groups excluding tert-OH is 1. The topological polar surface area (TPSA) is 95.9 Å². The van der Waals surface area contributed by atoms with Crippen molar-refractivity contribution in [3.8, 4) is 0 Å². The number of amides is 2. The molecule has 0 aliphatic carbocycles. The van der Waals surface area contributed by atoms with Gasteiger partial charge in [-0.05, 0) is 18.9 Å². The van der Waals surface area contributed by atoms with E-state index in [2.05, 4.69) is 10.1 Å². The summed E-state index contributed by atoms with van der Waals surface area (Å²) in [5.41, 5.74) is 0. The van der Waals surface area contributed by atoms with Crippen LogP contribution in [-0.4, -0.2) is 63.7 Å². The number of unbranched alkanes of at least 4 members (excludes halogenated alkanes) is 2. The summed E-state index contributed by atoms with van der Waals surface area (Å²) in [6.45, 7) is 0. The Bertz CT molecular complexity index is 272. The minimum atomic E-state index is -0.407. The Labute approximate surface area is 120 Å². The van der Waals surface area contributed by atoms with Gasteiger partial charge < -0.3 is 24.9 Å². The monoisotopic (exact) mass is 290 g/mol. The lowest BCUT2D eigenvalue weighted by Crippen LogP contribution is -2.18. The summed E-state index contributed by atoms with van der Waals surface area (Å²) >= 11 is 0. The molecule has 0 saturated carbocycles. The number of aldehydes is 1. The molecule has 2 amide bonds. The number of alkyl carbamates (subject to hydrolysis) is 1. The van der Waals surface area contributed by atoms with Crippen LogP contribution in [0.15, 0.2) is 12.2 Å². The van der Waals surface area contributed by atoms with Gasteiger partial charge in [-0.2, -0.15) is 0 Å². The Morgan fingerprint density at radius 3 is 2.10 bits per heavy atom. The largest absolute Gasteiger partial charge is 0.453 e. The molecule has 0 heterocycles. The lowest BCUT2D eigenvalue weighted by Gasteiger charge is -2.04. The van der Waals surface area contributed by atoms with E-state index >= 15 is 0 Å². The van der Waals surface area contributed by atoms with Gasteiger partial charge in [0, 0.05) is 34.7 Å². The molecule has 0 unspecified atom stereocenters. The lowest BCUT2D eigenvalue weighted by atomic mass is 10.2. The number of aliphatic hydroxyl groups is 1. The second-order valence-corrected chi connectivity index (χ2v) is 3.47. The minimum Gasteiger partial charge on any atom is -0.453 e. The molecule has 0 spiro atoms. The first-order valence-electron chi connectivity index (χ1n) is 6.01. The number of rotatable bonds is 5. The van der Waals surface area contributed by atoms with Crippen LogP contribution in [-0.2, 0) is 14.3 Å². The van der Waals surface area contributed by atoms with Gasteiger partial charge in [0.2, 0.25) is 5.91 Å². The summed E-state index contributed by atoms with van der Waals surface area (Å²) in [6, 6.07) is 0. The van der Waals surface area contributed by atoms with E-state index in [1.165, 1.54) is 25.1 Å². The quantitative estimate of drug-likeness (QED) is 0.439. The van der Waals surface area contributed by atoms with Crippen LogP contribution in [0.25, 0.3) is 0 Å². The lowest BCUT2D eigenvalue weighted by molar-refractivity contribution is -0.123. The zero-order valence-electron chi connectivity index (χ0n) is 12.9. The van der Waals surface area contributed by atoms with Crippen LogP contribution in [0.1, 0.15) is 19.3 Å². The number of nitrogens with one attached hydrogen (secondary N) is 1. The van der Waals surface area contributed by atoms with E-state index in [1.54, 1.807) is 20.2 Å². The Kier molecular flexibility index (Phi) is 22.6. The molecule has 7 heteroatoms. The van der Waals surface area contributed by atoms with Crippen LogP contribution in [0, 0.1) is 0 Å². The van der Waals surface area contributed by atoms with Crippen LogP contribution in [0.2, 0.25) is 0 Å². The Hall–Kier alpha value is -1.89. The molecule has 7 nitrogen and oxygen atoms in total. The average Bonchev–Trinajstić information content (AvgIpc) is 2.48. The van der Waals surface area contributed by atoms with Crippen molar-refractivity contribution in [1.29, 1.82) is 0 Å². The third-order valence-corrected chi connectivity index (χ3v) is 1.78. The number of likely N-dealkylation sites (N-methyl/N-ethyl adjacent to an activating group) is 1. The molecule has 118 valence electrons. The maximum atomic E-state index is 10.9. The van der Waals surface area contributed by atoms with E-state index in [1.807, 2.05) is 0 Å². The molecule has 0 aromatic carbocycles. The van der Waals surface area contributed by atoms with Gasteiger partial charge in [-0.15, -0.1) is 0 Å². The van der Waals surface area contributed by atoms with E-state index in [-0.39, 0.29) is 5.91 Å². The molecule has 0 aliphatic heterocycles. The summed E-state index contributed by atoms with van der Waals surface area (Å²) < 4.78 is 4.15. The van der Waals surface area contributed by atoms with Gasteiger partial charge in [0.25, 0.3) is 0 Å². The summed E-state index contributed by atoms with van der Waals surface area (Å²) in [7, 11) is 7.24. The van der Waals surface area contributed by atoms with Crippen molar-refractivity contribution in [1.82, 2.24) is 10.2 Å². The summed E-state index contributed by atoms with van der Waals surface area (Å²) in [5.74, 6) is -0.0129. The van der Waals surface area contributed by atoms with Crippen molar-refractivity contribution in [2.75, 3.05) is 35.4 Å². The van der Waals surface area contributed by atoms with Crippen LogP contribution in [0.4, 0.5) is 4.79 Å². The van der Waals surface area contributed by atoms with Gasteiger partial charge >= 0.3 is 6.09 Å². The van der Waals surface area contributed by atoms with Gasteiger partial charge in [-0.3, -0.25) is 4.79 Å². The molecular weight excluding hydrogens is 264 g/mol. The fourth-order valence-corrected chi connectivity index (χ4v) is 0.754. The number of nitrogens with zero attached hydrogens (tertiary/aromatic N) is 1. The number of allylic oxidation sites excluding steroid dienone is 1. The molecular formula is C13H26N2O5. The molecule has 0 bridgehead atoms. The molecule has 0 aromatic rings.